The summed E-state index contributed by atoms with van der Waals surface area (Å²) in [7, 11) is 0. The molecule has 1 aliphatic heterocycles. The molecule has 2 amide bonds. The van der Waals surface area contributed by atoms with Crippen LogP contribution in [-0.4, -0.2) is 41.1 Å². The Labute approximate surface area is 152 Å². The van der Waals surface area contributed by atoms with Crippen LogP contribution in [0.25, 0.3) is 0 Å². The zero-order chi connectivity index (χ0) is 17.4. The fraction of sp³-hybridized carbons (Fsp3) is 0.579. The fourth-order valence-electron chi connectivity index (χ4n) is 3.96. The molecule has 0 unspecified atom stereocenters. The van der Waals surface area contributed by atoms with Crippen LogP contribution in [0, 0.1) is 0 Å². The maximum atomic E-state index is 13.3. The molecule has 4 rings (SSSR count). The van der Waals surface area contributed by atoms with E-state index in [-0.39, 0.29) is 24.5 Å². The summed E-state index contributed by atoms with van der Waals surface area (Å²) < 4.78 is 6.11. The molecule has 0 bridgehead atoms. The molecule has 134 valence electrons. The van der Waals surface area contributed by atoms with Crippen molar-refractivity contribution >= 4 is 23.4 Å². The van der Waals surface area contributed by atoms with E-state index in [2.05, 4.69) is 5.32 Å². The predicted octanol–water partition coefficient (Wildman–Crippen LogP) is 3.12. The van der Waals surface area contributed by atoms with Gasteiger partial charge >= 0.3 is 0 Å². The molecule has 2 saturated carbocycles. The second-order valence-corrected chi connectivity index (χ2v) is 7.74. The molecule has 25 heavy (non-hydrogen) atoms. The molecule has 5 nitrogen and oxygen atoms in total. The van der Waals surface area contributed by atoms with Crippen molar-refractivity contribution in [2.45, 2.75) is 62.8 Å². The minimum Gasteiger partial charge on any atom is -0.353 e. The van der Waals surface area contributed by atoms with E-state index in [1.165, 1.54) is 0 Å². The van der Waals surface area contributed by atoms with Crippen LogP contribution < -0.4 is 5.32 Å². The Kier molecular flexibility index (Phi) is 4.46. The van der Waals surface area contributed by atoms with Gasteiger partial charge in [-0.1, -0.05) is 24.1 Å². The number of rotatable bonds is 3. The second-order valence-electron chi connectivity index (χ2n) is 7.30. The van der Waals surface area contributed by atoms with Crippen LogP contribution in [0.15, 0.2) is 24.3 Å². The van der Waals surface area contributed by atoms with Crippen molar-refractivity contribution in [1.82, 2.24) is 10.2 Å². The van der Waals surface area contributed by atoms with E-state index in [4.69, 9.17) is 16.3 Å². The minimum absolute atomic E-state index is 0.0969. The van der Waals surface area contributed by atoms with E-state index < -0.39 is 11.8 Å². The highest BCUT2D eigenvalue weighted by Crippen LogP contribution is 2.41. The van der Waals surface area contributed by atoms with Crippen LogP contribution in [0.2, 0.25) is 5.02 Å². The summed E-state index contributed by atoms with van der Waals surface area (Å²) in [5.41, 5.74) is -0.143. The molecule has 3 fully saturated rings. The van der Waals surface area contributed by atoms with Gasteiger partial charge in [0.05, 0.1) is 6.61 Å². The molecule has 1 N–H and O–H groups in total. The van der Waals surface area contributed by atoms with Crippen molar-refractivity contribution in [3.8, 4) is 0 Å². The third kappa shape index (κ3) is 3.27. The molecule has 2 aliphatic carbocycles. The van der Waals surface area contributed by atoms with Crippen LogP contribution in [0.4, 0.5) is 0 Å². The average molecular weight is 363 g/mol. The van der Waals surface area contributed by atoms with Crippen molar-refractivity contribution in [2.24, 2.45) is 0 Å². The molecule has 6 heteroatoms. The van der Waals surface area contributed by atoms with Gasteiger partial charge in [-0.2, -0.15) is 0 Å². The normalized spacial score (nSPS) is 25.2. The van der Waals surface area contributed by atoms with Crippen molar-refractivity contribution in [3.63, 3.8) is 0 Å². The Bertz CT molecular complexity index is 683. The van der Waals surface area contributed by atoms with E-state index in [1.807, 2.05) is 0 Å². The number of benzene rings is 1. The molecular formula is C19H23ClN2O3. The monoisotopic (exact) mass is 362 g/mol. The van der Waals surface area contributed by atoms with Crippen molar-refractivity contribution in [2.75, 3.05) is 6.61 Å². The first-order valence-corrected chi connectivity index (χ1v) is 9.50. The lowest BCUT2D eigenvalue weighted by Gasteiger charge is -2.41. The van der Waals surface area contributed by atoms with Gasteiger partial charge in [0, 0.05) is 16.6 Å². The zero-order valence-corrected chi connectivity index (χ0v) is 14.9. The SMILES string of the molecule is O=C(NC1CC1)[C@@H]1COC2(CCCCC2)N1C(=O)c1cccc(Cl)c1. The standard InChI is InChI=1S/C19H23ClN2O3/c20-14-6-4-5-13(11-14)18(24)22-16(17(23)21-15-7-8-15)12-25-19(22)9-2-1-3-10-19/h4-6,11,15-16H,1-3,7-10,12H2,(H,21,23)/t16-/m0/s1. The number of halogens is 1. The summed E-state index contributed by atoms with van der Waals surface area (Å²) in [6.07, 6.45) is 6.77. The molecule has 1 aromatic rings. The fourth-order valence-corrected chi connectivity index (χ4v) is 4.15. The summed E-state index contributed by atoms with van der Waals surface area (Å²) in [6, 6.07) is 6.61. The summed E-state index contributed by atoms with van der Waals surface area (Å²) in [6.45, 7) is 0.269. The number of hydrogen-bond acceptors (Lipinski definition) is 3. The maximum absolute atomic E-state index is 13.3. The Morgan fingerprint density at radius 1 is 1.20 bits per heavy atom. The van der Waals surface area contributed by atoms with Gasteiger partial charge in [-0.25, -0.2) is 0 Å². The second kappa shape index (κ2) is 6.61. The van der Waals surface area contributed by atoms with Crippen LogP contribution >= 0.6 is 11.6 Å². The third-order valence-corrected chi connectivity index (χ3v) is 5.65. The highest BCUT2D eigenvalue weighted by Gasteiger charge is 2.53. The van der Waals surface area contributed by atoms with Gasteiger partial charge < -0.3 is 10.1 Å². The van der Waals surface area contributed by atoms with Crippen molar-refractivity contribution < 1.29 is 14.3 Å². The van der Waals surface area contributed by atoms with Crippen LogP contribution in [0.3, 0.4) is 0 Å². The van der Waals surface area contributed by atoms with E-state index in [9.17, 15) is 9.59 Å². The van der Waals surface area contributed by atoms with Crippen molar-refractivity contribution in [3.05, 3.63) is 34.9 Å². The Balaban J connectivity index is 1.65. The molecule has 1 atom stereocenters. The zero-order valence-electron chi connectivity index (χ0n) is 14.2. The predicted molar refractivity (Wildman–Crippen MR) is 94.3 cm³/mol. The lowest BCUT2D eigenvalue weighted by molar-refractivity contribution is -0.127. The van der Waals surface area contributed by atoms with E-state index in [0.717, 1.165) is 44.9 Å². The largest absolute Gasteiger partial charge is 0.353 e. The van der Waals surface area contributed by atoms with Gasteiger partial charge in [0.25, 0.3) is 5.91 Å². The number of nitrogens with zero attached hydrogens (tertiary/aromatic N) is 1. The molecule has 1 heterocycles. The van der Waals surface area contributed by atoms with Crippen molar-refractivity contribution in [1.29, 1.82) is 0 Å². The molecule has 1 spiro atoms. The summed E-state index contributed by atoms with van der Waals surface area (Å²) in [4.78, 5) is 27.7. The van der Waals surface area contributed by atoms with Gasteiger partial charge in [0.2, 0.25) is 5.91 Å². The Hall–Kier alpha value is -1.59. The number of carbonyl (C=O) groups is 2. The lowest BCUT2D eigenvalue weighted by Crippen LogP contribution is -2.56. The molecule has 1 aromatic carbocycles. The topological polar surface area (TPSA) is 58.6 Å². The number of ether oxygens (including phenoxy) is 1. The molecule has 3 aliphatic rings. The average Bonchev–Trinajstić information content (AvgIpc) is 3.35. The maximum Gasteiger partial charge on any atom is 0.256 e. The lowest BCUT2D eigenvalue weighted by atomic mass is 9.89. The first-order valence-electron chi connectivity index (χ1n) is 9.13. The van der Waals surface area contributed by atoms with E-state index in [1.54, 1.807) is 29.2 Å². The number of carbonyl (C=O) groups excluding carboxylic acids is 2. The van der Waals surface area contributed by atoms with Crippen LogP contribution in [0.1, 0.15) is 55.3 Å². The molecule has 0 aromatic heterocycles. The van der Waals surface area contributed by atoms with E-state index >= 15 is 0 Å². The number of nitrogens with one attached hydrogen (secondary N) is 1. The molecule has 1 saturated heterocycles. The van der Waals surface area contributed by atoms with Gasteiger partial charge in [-0.3, -0.25) is 14.5 Å². The van der Waals surface area contributed by atoms with Gasteiger partial charge in [-0.05, 0) is 56.7 Å². The number of amides is 2. The van der Waals surface area contributed by atoms with Crippen LogP contribution in [0.5, 0.6) is 0 Å². The summed E-state index contributed by atoms with van der Waals surface area (Å²) >= 11 is 6.07. The van der Waals surface area contributed by atoms with Gasteiger partial charge in [0.1, 0.15) is 11.8 Å². The molecule has 0 radical (unpaired) electrons. The minimum atomic E-state index is -0.650. The quantitative estimate of drug-likeness (QED) is 0.898. The van der Waals surface area contributed by atoms with Gasteiger partial charge in [-0.15, -0.1) is 0 Å². The summed E-state index contributed by atoms with van der Waals surface area (Å²) in [5, 5.41) is 3.54. The Morgan fingerprint density at radius 3 is 2.64 bits per heavy atom. The Morgan fingerprint density at radius 2 is 1.96 bits per heavy atom. The third-order valence-electron chi connectivity index (χ3n) is 5.41. The smallest absolute Gasteiger partial charge is 0.256 e. The van der Waals surface area contributed by atoms with Crippen LogP contribution in [-0.2, 0) is 9.53 Å². The molecular weight excluding hydrogens is 340 g/mol. The highest BCUT2D eigenvalue weighted by atomic mass is 35.5. The number of hydrogen-bond donors (Lipinski definition) is 1. The first-order chi connectivity index (χ1) is 12.1. The summed E-state index contributed by atoms with van der Waals surface area (Å²) in [5.74, 6) is -0.266. The van der Waals surface area contributed by atoms with Gasteiger partial charge in [0.15, 0.2) is 0 Å². The van der Waals surface area contributed by atoms with E-state index in [0.29, 0.717) is 10.6 Å². The first kappa shape index (κ1) is 16.9. The highest BCUT2D eigenvalue weighted by molar-refractivity contribution is 6.31.